The van der Waals surface area contributed by atoms with Gasteiger partial charge in [-0.2, -0.15) is 0 Å². The van der Waals surface area contributed by atoms with Crippen molar-refractivity contribution in [2.45, 2.75) is 123 Å². The Morgan fingerprint density at radius 2 is 1.00 bits per heavy atom. The number of hydrogen-bond donors (Lipinski definition) is 1. The van der Waals surface area contributed by atoms with Crippen molar-refractivity contribution in [3.8, 4) is 0 Å². The number of quaternary nitrogens is 1. The molecule has 0 aliphatic carbocycles. The van der Waals surface area contributed by atoms with Crippen molar-refractivity contribution in [2.24, 2.45) is 0 Å². The summed E-state index contributed by atoms with van der Waals surface area (Å²) in [6.07, 6.45) is 52.8. The molecule has 2 unspecified atom stereocenters. The molecule has 2 atom stereocenters. The molecule has 0 bridgehead atoms. The molecule has 0 saturated carbocycles. The molecule has 0 amide bonds. The molecule has 1 N–H and O–H groups in total. The highest BCUT2D eigenvalue weighted by Gasteiger charge is 2.26. The van der Waals surface area contributed by atoms with Crippen LogP contribution in [0.25, 0.3) is 0 Å². The maximum atomic E-state index is 12.6. The summed E-state index contributed by atoms with van der Waals surface area (Å²) in [5.41, 5.74) is 0. The van der Waals surface area contributed by atoms with E-state index in [4.69, 9.17) is 18.5 Å². The van der Waals surface area contributed by atoms with Gasteiger partial charge in [0.25, 0.3) is 0 Å². The van der Waals surface area contributed by atoms with Crippen LogP contribution in [0.3, 0.4) is 0 Å². The van der Waals surface area contributed by atoms with Crippen molar-refractivity contribution < 1.29 is 37.3 Å². The largest absolute Gasteiger partial charge is 0.472 e. The van der Waals surface area contributed by atoms with Crippen LogP contribution in [0.1, 0.15) is 117 Å². The molecule has 55 heavy (non-hydrogen) atoms. The molecular formula is C46H77NO7P+. The van der Waals surface area contributed by atoms with Crippen molar-refractivity contribution in [3.63, 3.8) is 0 Å². The van der Waals surface area contributed by atoms with E-state index in [1.807, 2.05) is 33.3 Å². The monoisotopic (exact) mass is 787 g/mol. The molecule has 9 heteroatoms. The van der Waals surface area contributed by atoms with E-state index in [1.54, 1.807) is 0 Å². The highest BCUT2D eigenvalue weighted by Crippen LogP contribution is 2.43. The highest BCUT2D eigenvalue weighted by molar-refractivity contribution is 7.47. The maximum absolute atomic E-state index is 12.6. The normalized spacial score (nSPS) is 14.9. The molecule has 0 aliphatic rings. The molecule has 0 radical (unpaired) electrons. The molecular weight excluding hydrogens is 709 g/mol. The molecule has 0 aromatic carbocycles. The first-order valence-corrected chi connectivity index (χ1v) is 22.1. The third kappa shape index (κ3) is 42.1. The third-order valence-electron chi connectivity index (χ3n) is 7.84. The van der Waals surface area contributed by atoms with E-state index in [1.165, 1.54) is 0 Å². The van der Waals surface area contributed by atoms with Crippen LogP contribution in [0.15, 0.2) is 109 Å². The van der Waals surface area contributed by atoms with Crippen molar-refractivity contribution in [1.82, 2.24) is 0 Å². The number of hydrogen-bond acceptors (Lipinski definition) is 6. The summed E-state index contributed by atoms with van der Waals surface area (Å²) in [5, 5.41) is 0. The average molecular weight is 787 g/mol. The lowest BCUT2D eigenvalue weighted by Crippen LogP contribution is -2.37. The van der Waals surface area contributed by atoms with Crippen molar-refractivity contribution in [1.29, 1.82) is 0 Å². The maximum Gasteiger partial charge on any atom is 0.472 e. The molecule has 0 saturated heterocycles. The van der Waals surface area contributed by atoms with E-state index in [9.17, 15) is 14.3 Å². The first kappa shape index (κ1) is 52.2. The number of nitrogens with zero attached hydrogens (tertiary/aromatic N) is 1. The van der Waals surface area contributed by atoms with Gasteiger partial charge in [0.15, 0.2) is 0 Å². The van der Waals surface area contributed by atoms with E-state index in [2.05, 4.69) is 111 Å². The lowest BCUT2D eigenvalue weighted by atomic mass is 10.1. The van der Waals surface area contributed by atoms with Crippen LogP contribution < -0.4 is 0 Å². The number of likely N-dealkylation sites (N-methyl/N-ethyl adjacent to an activating group) is 1. The quantitative estimate of drug-likeness (QED) is 0.0222. The smallest absolute Gasteiger partial charge is 0.457 e. The van der Waals surface area contributed by atoms with Crippen LogP contribution >= 0.6 is 7.82 Å². The lowest BCUT2D eigenvalue weighted by Gasteiger charge is -2.24. The number of phosphoric acid groups is 1. The minimum absolute atomic E-state index is 0.0635. The van der Waals surface area contributed by atoms with Gasteiger partial charge in [-0.15, -0.1) is 0 Å². The van der Waals surface area contributed by atoms with Crippen LogP contribution in [-0.2, 0) is 27.9 Å². The van der Waals surface area contributed by atoms with Crippen molar-refractivity contribution >= 4 is 13.8 Å². The minimum atomic E-state index is -4.31. The average Bonchev–Trinajstić information content (AvgIpc) is 3.13. The van der Waals surface area contributed by atoms with Gasteiger partial charge in [-0.3, -0.25) is 13.8 Å². The molecule has 0 spiro atoms. The summed E-state index contributed by atoms with van der Waals surface area (Å²) in [6, 6.07) is 0. The van der Waals surface area contributed by atoms with Gasteiger partial charge in [0.05, 0.1) is 34.4 Å². The van der Waals surface area contributed by atoms with Crippen LogP contribution in [0.5, 0.6) is 0 Å². The molecule has 0 aliphatic heterocycles. The predicted octanol–water partition coefficient (Wildman–Crippen LogP) is 12.0. The number of rotatable bonds is 36. The van der Waals surface area contributed by atoms with Gasteiger partial charge in [-0.25, -0.2) is 4.57 Å². The van der Waals surface area contributed by atoms with Gasteiger partial charge in [0, 0.05) is 13.0 Å². The van der Waals surface area contributed by atoms with Crippen LogP contribution in [0.2, 0.25) is 0 Å². The van der Waals surface area contributed by atoms with Crippen LogP contribution in [-0.4, -0.2) is 75.6 Å². The fourth-order valence-electron chi connectivity index (χ4n) is 4.71. The zero-order chi connectivity index (χ0) is 40.6. The van der Waals surface area contributed by atoms with Crippen LogP contribution in [0.4, 0.5) is 0 Å². The van der Waals surface area contributed by atoms with E-state index in [0.29, 0.717) is 24.1 Å². The first-order valence-electron chi connectivity index (χ1n) is 20.6. The molecule has 0 heterocycles. The fourth-order valence-corrected chi connectivity index (χ4v) is 5.45. The standard InChI is InChI=1S/C46H76NO7P/c1-6-8-10-12-14-16-18-20-22-23-24-25-26-27-29-31-33-35-37-39-46(48)54-45(44-53-55(49,50)52-42-40-47(3,4)5)43-51-41-38-36-34-32-30-28-21-19-17-15-13-11-9-7-2/h8-11,14-17,20-22,24-25,27-29,33,35,45H,6-7,12-13,18-19,23,26,30-32,34,36-44H2,1-5H3/p+1/b10-8-,11-9-,16-14-,17-15-,22-20-,25-24-,28-21-,29-27-,35-33-. The van der Waals surface area contributed by atoms with Gasteiger partial charge >= 0.3 is 13.8 Å². The van der Waals surface area contributed by atoms with E-state index < -0.39 is 19.9 Å². The molecule has 0 aromatic heterocycles. The van der Waals surface area contributed by atoms with Gasteiger partial charge in [-0.05, 0) is 83.5 Å². The van der Waals surface area contributed by atoms with E-state index >= 15 is 0 Å². The summed E-state index contributed by atoms with van der Waals surface area (Å²) in [7, 11) is 1.58. The summed E-state index contributed by atoms with van der Waals surface area (Å²) < 4.78 is 34.8. The SMILES string of the molecule is CC/C=C\C/C=C\C/C=C\C/C=C\C/C=C\C/C=C\CCC(=O)OC(COCCCCCC/C=C\C/C=C\C/C=C\CC)COP(=O)(O)OCC[N+](C)(C)C. The Kier molecular flexibility index (Phi) is 36.1. The lowest BCUT2D eigenvalue weighted by molar-refractivity contribution is -0.870. The summed E-state index contributed by atoms with van der Waals surface area (Å²) in [4.78, 5) is 22.8. The Bertz CT molecular complexity index is 1240. The molecule has 0 aromatic rings. The van der Waals surface area contributed by atoms with Crippen LogP contribution in [0, 0.1) is 0 Å². The predicted molar refractivity (Wildman–Crippen MR) is 233 cm³/mol. The van der Waals surface area contributed by atoms with Gasteiger partial charge in [-0.1, -0.05) is 136 Å². The number of ether oxygens (including phenoxy) is 2. The van der Waals surface area contributed by atoms with Gasteiger partial charge < -0.3 is 18.9 Å². The number of phosphoric ester groups is 1. The Balaban J connectivity index is 4.47. The van der Waals surface area contributed by atoms with Crippen molar-refractivity contribution in [3.05, 3.63) is 109 Å². The number of allylic oxidation sites excluding steroid dienone is 18. The Morgan fingerprint density at radius 3 is 1.47 bits per heavy atom. The topological polar surface area (TPSA) is 91.3 Å². The minimum Gasteiger partial charge on any atom is -0.457 e. The Morgan fingerprint density at radius 1 is 0.564 bits per heavy atom. The Labute approximate surface area is 336 Å². The first-order chi connectivity index (χ1) is 26.6. The second kappa shape index (κ2) is 38.1. The highest BCUT2D eigenvalue weighted by atomic mass is 31.2. The molecule has 0 fully saturated rings. The van der Waals surface area contributed by atoms with Gasteiger partial charge in [0.2, 0.25) is 0 Å². The second-order valence-corrected chi connectivity index (χ2v) is 15.7. The second-order valence-electron chi connectivity index (χ2n) is 14.2. The van der Waals surface area contributed by atoms with E-state index in [-0.39, 0.29) is 26.2 Å². The number of esters is 1. The summed E-state index contributed by atoms with van der Waals surface area (Å²) >= 11 is 0. The number of carbonyl (C=O) groups excluding carboxylic acids is 1. The third-order valence-corrected chi connectivity index (χ3v) is 8.83. The summed E-state index contributed by atoms with van der Waals surface area (Å²) in [6.45, 7) is 5.19. The Hall–Kier alpha value is -2.84. The van der Waals surface area contributed by atoms with E-state index in [0.717, 1.165) is 89.9 Å². The molecule has 0 rings (SSSR count). The summed E-state index contributed by atoms with van der Waals surface area (Å²) in [5.74, 6) is -0.410. The van der Waals surface area contributed by atoms with Crippen molar-refractivity contribution in [2.75, 3.05) is 54.1 Å². The number of carbonyl (C=O) groups is 1. The zero-order valence-electron chi connectivity index (χ0n) is 35.1. The molecule has 8 nitrogen and oxygen atoms in total. The fraction of sp³-hybridized carbons (Fsp3) is 0.587. The zero-order valence-corrected chi connectivity index (χ0v) is 36.0. The number of unbranched alkanes of at least 4 members (excludes halogenated alkanes) is 4. The molecule has 312 valence electrons. The van der Waals surface area contributed by atoms with Gasteiger partial charge in [0.1, 0.15) is 19.3 Å².